The van der Waals surface area contributed by atoms with E-state index < -0.39 is 5.91 Å². The normalized spacial score (nSPS) is 10.7. The van der Waals surface area contributed by atoms with Crippen LogP contribution < -0.4 is 10.6 Å². The fraction of sp³-hybridized carbons (Fsp3) is 0.227. The van der Waals surface area contributed by atoms with Crippen LogP contribution in [-0.2, 0) is 6.54 Å². The Bertz CT molecular complexity index is 1110. The highest BCUT2D eigenvalue weighted by Gasteiger charge is 2.21. The molecular formula is C22H21Cl2FN4O2. The Balaban J connectivity index is 1.76. The zero-order chi connectivity index (χ0) is 22.5. The summed E-state index contributed by atoms with van der Waals surface area (Å²) in [5, 5.41) is 10.2. The summed E-state index contributed by atoms with van der Waals surface area (Å²) in [6.45, 7) is 4.47. The lowest BCUT2D eigenvalue weighted by Gasteiger charge is -2.09. The molecule has 0 fully saturated rings. The Morgan fingerprint density at radius 2 is 1.81 bits per heavy atom. The number of benzene rings is 2. The number of halogens is 3. The summed E-state index contributed by atoms with van der Waals surface area (Å²) in [5.41, 5.74) is 2.22. The van der Waals surface area contributed by atoms with Gasteiger partial charge in [0, 0.05) is 12.2 Å². The first-order valence-corrected chi connectivity index (χ1v) is 10.4. The lowest BCUT2D eigenvalue weighted by molar-refractivity contribution is 0.0953. The van der Waals surface area contributed by atoms with E-state index in [1.165, 1.54) is 22.9 Å². The molecule has 0 aliphatic carbocycles. The van der Waals surface area contributed by atoms with E-state index in [0.29, 0.717) is 30.0 Å². The van der Waals surface area contributed by atoms with Gasteiger partial charge < -0.3 is 10.6 Å². The first kappa shape index (κ1) is 22.8. The van der Waals surface area contributed by atoms with E-state index in [0.717, 1.165) is 12.0 Å². The van der Waals surface area contributed by atoms with Crippen molar-refractivity contribution in [2.24, 2.45) is 0 Å². The van der Waals surface area contributed by atoms with Crippen molar-refractivity contribution in [1.82, 2.24) is 15.1 Å². The van der Waals surface area contributed by atoms with Crippen molar-refractivity contribution in [3.05, 3.63) is 80.8 Å². The van der Waals surface area contributed by atoms with Crippen LogP contribution in [0.5, 0.6) is 0 Å². The van der Waals surface area contributed by atoms with E-state index in [1.807, 2.05) is 6.92 Å². The van der Waals surface area contributed by atoms with Gasteiger partial charge in [-0.3, -0.25) is 9.59 Å². The second kappa shape index (κ2) is 9.94. The lowest BCUT2D eigenvalue weighted by atomic mass is 10.1. The van der Waals surface area contributed by atoms with Crippen molar-refractivity contribution < 1.29 is 14.0 Å². The number of anilines is 1. The molecule has 3 aromatic rings. The van der Waals surface area contributed by atoms with Gasteiger partial charge in [-0.05, 0) is 49.2 Å². The van der Waals surface area contributed by atoms with E-state index in [-0.39, 0.29) is 27.5 Å². The molecule has 2 N–H and O–H groups in total. The highest BCUT2D eigenvalue weighted by molar-refractivity contribution is 6.35. The number of aryl methyl sites for hydroxylation is 1. The largest absolute Gasteiger partial charge is 0.352 e. The van der Waals surface area contributed by atoms with Crippen LogP contribution in [0.1, 0.15) is 45.3 Å². The summed E-state index contributed by atoms with van der Waals surface area (Å²) in [4.78, 5) is 24.9. The topological polar surface area (TPSA) is 76.0 Å². The van der Waals surface area contributed by atoms with E-state index in [4.69, 9.17) is 23.2 Å². The lowest BCUT2D eigenvalue weighted by Crippen LogP contribution is -2.24. The van der Waals surface area contributed by atoms with Gasteiger partial charge in [-0.15, -0.1) is 0 Å². The van der Waals surface area contributed by atoms with E-state index in [2.05, 4.69) is 15.7 Å². The van der Waals surface area contributed by atoms with Crippen LogP contribution in [0.4, 0.5) is 10.1 Å². The van der Waals surface area contributed by atoms with Gasteiger partial charge in [0.15, 0.2) is 0 Å². The molecular weight excluding hydrogens is 442 g/mol. The number of hydrogen-bond donors (Lipinski definition) is 2. The molecule has 162 valence electrons. The number of carbonyl (C=O) groups excluding carboxylic acids is 2. The number of rotatable bonds is 7. The zero-order valence-corrected chi connectivity index (χ0v) is 18.5. The summed E-state index contributed by atoms with van der Waals surface area (Å²) in [6, 6.07) is 10.6. The minimum absolute atomic E-state index is 0.168. The summed E-state index contributed by atoms with van der Waals surface area (Å²) < 4.78 is 14.6. The van der Waals surface area contributed by atoms with Crippen molar-refractivity contribution in [3.8, 4) is 0 Å². The standard InChI is InChI=1S/C22H21Cl2FN4O2/c1-3-10-26-21(30)17-9-8-16(11-18(17)23)27-22(31)19-13(2)28-29(20(19)24)12-14-4-6-15(25)7-5-14/h4-9,11H,3,10,12H2,1-2H3,(H,26,30)(H,27,31). The first-order chi connectivity index (χ1) is 14.8. The monoisotopic (exact) mass is 462 g/mol. The van der Waals surface area contributed by atoms with Crippen LogP contribution in [0.15, 0.2) is 42.5 Å². The maximum absolute atomic E-state index is 13.1. The Morgan fingerprint density at radius 1 is 1.10 bits per heavy atom. The SMILES string of the molecule is CCCNC(=O)c1ccc(NC(=O)c2c(C)nn(Cc3ccc(F)cc3)c2Cl)cc1Cl. The summed E-state index contributed by atoms with van der Waals surface area (Å²) in [5.74, 6) is -1.06. The molecule has 0 bridgehead atoms. The molecule has 9 heteroatoms. The second-order valence-corrected chi connectivity index (χ2v) is 7.71. The van der Waals surface area contributed by atoms with Crippen molar-refractivity contribution in [2.45, 2.75) is 26.8 Å². The average molecular weight is 463 g/mol. The van der Waals surface area contributed by atoms with Gasteiger partial charge in [-0.2, -0.15) is 5.10 Å². The Morgan fingerprint density at radius 3 is 2.45 bits per heavy atom. The zero-order valence-electron chi connectivity index (χ0n) is 17.0. The fourth-order valence-corrected chi connectivity index (χ4v) is 3.57. The number of nitrogens with zero attached hydrogens (tertiary/aromatic N) is 2. The number of aromatic nitrogens is 2. The van der Waals surface area contributed by atoms with Gasteiger partial charge >= 0.3 is 0 Å². The van der Waals surface area contributed by atoms with Crippen LogP contribution in [0.25, 0.3) is 0 Å². The van der Waals surface area contributed by atoms with E-state index in [9.17, 15) is 14.0 Å². The van der Waals surface area contributed by atoms with Crippen LogP contribution in [0.3, 0.4) is 0 Å². The quantitative estimate of drug-likeness (QED) is 0.513. The Kier molecular flexibility index (Phi) is 7.30. The summed E-state index contributed by atoms with van der Waals surface area (Å²) in [6.07, 6.45) is 0.812. The van der Waals surface area contributed by atoms with Gasteiger partial charge in [0.25, 0.3) is 11.8 Å². The van der Waals surface area contributed by atoms with E-state index in [1.54, 1.807) is 31.2 Å². The van der Waals surface area contributed by atoms with Crippen molar-refractivity contribution in [2.75, 3.05) is 11.9 Å². The van der Waals surface area contributed by atoms with Gasteiger partial charge in [0.05, 0.1) is 28.4 Å². The predicted molar refractivity (Wildman–Crippen MR) is 120 cm³/mol. The summed E-state index contributed by atoms with van der Waals surface area (Å²) in [7, 11) is 0. The maximum Gasteiger partial charge on any atom is 0.260 e. The highest BCUT2D eigenvalue weighted by atomic mass is 35.5. The molecule has 31 heavy (non-hydrogen) atoms. The second-order valence-electron chi connectivity index (χ2n) is 6.94. The molecule has 0 aliphatic rings. The number of hydrogen-bond acceptors (Lipinski definition) is 3. The molecule has 2 aromatic carbocycles. The van der Waals surface area contributed by atoms with Gasteiger partial charge in [0.2, 0.25) is 0 Å². The molecule has 3 rings (SSSR count). The third kappa shape index (κ3) is 5.42. The third-order valence-corrected chi connectivity index (χ3v) is 5.24. The van der Waals surface area contributed by atoms with Crippen LogP contribution in [0, 0.1) is 12.7 Å². The maximum atomic E-state index is 13.1. The van der Waals surface area contributed by atoms with Crippen LogP contribution in [-0.4, -0.2) is 28.1 Å². The molecule has 0 aliphatic heterocycles. The molecule has 0 radical (unpaired) electrons. The van der Waals surface area contributed by atoms with Crippen molar-refractivity contribution >= 4 is 40.7 Å². The number of nitrogens with one attached hydrogen (secondary N) is 2. The van der Waals surface area contributed by atoms with Gasteiger partial charge in [-0.1, -0.05) is 42.3 Å². The molecule has 2 amide bonds. The molecule has 0 atom stereocenters. The molecule has 0 spiro atoms. The van der Waals surface area contributed by atoms with E-state index >= 15 is 0 Å². The fourth-order valence-electron chi connectivity index (χ4n) is 2.98. The smallest absolute Gasteiger partial charge is 0.260 e. The number of carbonyl (C=O) groups is 2. The van der Waals surface area contributed by atoms with Gasteiger partial charge in [0.1, 0.15) is 11.0 Å². The molecule has 1 heterocycles. The highest BCUT2D eigenvalue weighted by Crippen LogP contribution is 2.25. The molecule has 1 aromatic heterocycles. The molecule has 0 saturated heterocycles. The average Bonchev–Trinajstić information content (AvgIpc) is 3.01. The Labute approximate surface area is 189 Å². The molecule has 0 saturated carbocycles. The van der Waals surface area contributed by atoms with Crippen LogP contribution in [0.2, 0.25) is 10.2 Å². The predicted octanol–water partition coefficient (Wildman–Crippen LogP) is 5.08. The minimum Gasteiger partial charge on any atom is -0.352 e. The van der Waals surface area contributed by atoms with Crippen molar-refractivity contribution in [1.29, 1.82) is 0 Å². The van der Waals surface area contributed by atoms with Gasteiger partial charge in [-0.25, -0.2) is 9.07 Å². The third-order valence-electron chi connectivity index (χ3n) is 4.55. The van der Waals surface area contributed by atoms with Crippen LogP contribution >= 0.6 is 23.2 Å². The minimum atomic E-state index is -0.452. The molecule has 6 nitrogen and oxygen atoms in total. The molecule has 0 unspecified atom stereocenters. The van der Waals surface area contributed by atoms with Crippen molar-refractivity contribution in [3.63, 3.8) is 0 Å². The first-order valence-electron chi connectivity index (χ1n) is 9.66. The Hall–Kier alpha value is -2.90. The summed E-state index contributed by atoms with van der Waals surface area (Å²) >= 11 is 12.6. The number of amides is 2.